The molecule has 2 heterocycles. The number of rotatable bonds is 8. The van der Waals surface area contributed by atoms with Crippen molar-refractivity contribution in [1.82, 2.24) is 14.9 Å². The highest BCUT2D eigenvalue weighted by Gasteiger charge is 2.31. The molecule has 0 amide bonds. The maximum absolute atomic E-state index is 12.9. The van der Waals surface area contributed by atoms with E-state index in [-0.39, 0.29) is 6.04 Å². The first-order valence-electron chi connectivity index (χ1n) is 11.8. The second-order valence-corrected chi connectivity index (χ2v) is 9.80. The number of carbonyl (C=O) groups is 1. The normalized spacial score (nSPS) is 12.5. The molecule has 37 heavy (non-hydrogen) atoms. The van der Waals surface area contributed by atoms with Gasteiger partial charge in [0.2, 0.25) is 0 Å². The summed E-state index contributed by atoms with van der Waals surface area (Å²) in [5.41, 5.74) is 1.99. The van der Waals surface area contributed by atoms with E-state index < -0.39 is 23.3 Å². The first kappa shape index (κ1) is 26.2. The number of fused-ring (bicyclic) bond motifs is 1. The minimum absolute atomic E-state index is 0.0480. The molecule has 0 aliphatic rings. The van der Waals surface area contributed by atoms with Crippen LogP contribution >= 0.6 is 0 Å². The lowest BCUT2D eigenvalue weighted by atomic mass is 10.1. The maximum atomic E-state index is 12.9. The predicted octanol–water partition coefficient (Wildman–Crippen LogP) is 6.63. The van der Waals surface area contributed by atoms with Gasteiger partial charge in [-0.15, -0.1) is 0 Å². The van der Waals surface area contributed by atoms with Crippen LogP contribution in [-0.2, 0) is 23.8 Å². The first-order chi connectivity index (χ1) is 17.3. The number of halogens is 3. The van der Waals surface area contributed by atoms with Gasteiger partial charge < -0.3 is 14.4 Å². The van der Waals surface area contributed by atoms with Crippen LogP contribution in [0.15, 0.2) is 47.0 Å². The van der Waals surface area contributed by atoms with Crippen LogP contribution in [0.5, 0.6) is 5.75 Å². The quantitative estimate of drug-likeness (QED) is 0.283. The predicted molar refractivity (Wildman–Crippen MR) is 132 cm³/mol. The number of benzene rings is 2. The number of aromatic nitrogens is 3. The fourth-order valence-corrected chi connectivity index (χ4v) is 4.02. The van der Waals surface area contributed by atoms with Crippen molar-refractivity contribution in [1.29, 1.82) is 0 Å². The topological polar surface area (TPSA) is 90.4 Å². The van der Waals surface area contributed by atoms with Gasteiger partial charge in [-0.25, -0.2) is 4.79 Å². The molecular formula is C27H28F3N3O4. The number of aryl methyl sites for hydroxylation is 3. The molecule has 2 aromatic carbocycles. The van der Waals surface area contributed by atoms with Crippen LogP contribution in [0, 0.1) is 6.92 Å². The Kier molecular flexibility index (Phi) is 6.79. The van der Waals surface area contributed by atoms with Crippen molar-refractivity contribution >= 4 is 16.9 Å². The highest BCUT2D eigenvalue weighted by Crippen LogP contribution is 2.33. The molecule has 10 heteroatoms. The Hall–Kier alpha value is -3.82. The van der Waals surface area contributed by atoms with Gasteiger partial charge in [-0.3, -0.25) is 4.68 Å². The van der Waals surface area contributed by atoms with E-state index >= 15 is 0 Å². The second kappa shape index (κ2) is 9.57. The number of nitrogens with zero attached hydrogens (tertiary/aromatic N) is 3. The highest BCUT2D eigenvalue weighted by atomic mass is 19.4. The number of alkyl halides is 3. The van der Waals surface area contributed by atoms with Crippen LogP contribution < -0.4 is 4.74 Å². The van der Waals surface area contributed by atoms with Gasteiger partial charge in [0.1, 0.15) is 5.75 Å². The Morgan fingerprint density at radius 1 is 1.11 bits per heavy atom. The Morgan fingerprint density at radius 2 is 1.78 bits per heavy atom. The molecule has 0 radical (unpaired) electrons. The standard InChI is InChI=1S/C27H28F3N3O4/c1-15(2)33-19(13-22(31-33)17-6-8-18(9-7-17)27(28,29)30)10-11-21-20-12-16(3)23(14-24(20)37-32-21)36-26(4,5)25(34)35/h6-9,12-15H,10-11H2,1-5H3,(H,34,35). The monoisotopic (exact) mass is 515 g/mol. The summed E-state index contributed by atoms with van der Waals surface area (Å²) in [5, 5.41) is 19.0. The van der Waals surface area contributed by atoms with Crippen LogP contribution in [0.1, 0.15) is 56.3 Å². The fourth-order valence-electron chi connectivity index (χ4n) is 4.02. The summed E-state index contributed by atoms with van der Waals surface area (Å²) in [5.74, 6) is -0.677. The third-order valence-corrected chi connectivity index (χ3v) is 6.15. The molecular weight excluding hydrogens is 487 g/mol. The van der Waals surface area contributed by atoms with E-state index in [0.29, 0.717) is 35.4 Å². The third kappa shape index (κ3) is 5.47. The fraction of sp³-hybridized carbons (Fsp3) is 0.370. The number of carboxylic acid groups (broad SMARTS) is 1. The molecule has 2 aromatic heterocycles. The summed E-state index contributed by atoms with van der Waals surface area (Å²) >= 11 is 0. The zero-order valence-corrected chi connectivity index (χ0v) is 21.2. The highest BCUT2D eigenvalue weighted by molar-refractivity contribution is 5.83. The Bertz CT molecular complexity index is 1430. The van der Waals surface area contributed by atoms with Crippen molar-refractivity contribution in [3.8, 4) is 17.0 Å². The van der Waals surface area contributed by atoms with E-state index in [0.717, 1.165) is 34.5 Å². The molecule has 0 aliphatic carbocycles. The van der Waals surface area contributed by atoms with Gasteiger partial charge in [-0.2, -0.15) is 18.3 Å². The molecule has 196 valence electrons. The van der Waals surface area contributed by atoms with Gasteiger partial charge in [-0.05, 0) is 77.3 Å². The van der Waals surface area contributed by atoms with Gasteiger partial charge >= 0.3 is 12.1 Å². The first-order valence-corrected chi connectivity index (χ1v) is 11.8. The number of aliphatic carboxylic acids is 1. The average Bonchev–Trinajstić information content (AvgIpc) is 3.41. The van der Waals surface area contributed by atoms with Crippen molar-refractivity contribution in [2.24, 2.45) is 0 Å². The zero-order valence-electron chi connectivity index (χ0n) is 21.2. The summed E-state index contributed by atoms with van der Waals surface area (Å²) < 4.78 is 51.9. The zero-order chi connectivity index (χ0) is 27.1. The minimum Gasteiger partial charge on any atom is -0.478 e. The van der Waals surface area contributed by atoms with Gasteiger partial charge in [0.05, 0.1) is 17.0 Å². The summed E-state index contributed by atoms with van der Waals surface area (Å²) in [6.45, 7) is 8.75. The second-order valence-electron chi connectivity index (χ2n) is 9.80. The molecule has 7 nitrogen and oxygen atoms in total. The van der Waals surface area contributed by atoms with Gasteiger partial charge in [0.25, 0.3) is 0 Å². The Morgan fingerprint density at radius 3 is 2.38 bits per heavy atom. The van der Waals surface area contributed by atoms with E-state index in [9.17, 15) is 23.1 Å². The minimum atomic E-state index is -4.39. The molecule has 0 atom stereocenters. The lowest BCUT2D eigenvalue weighted by molar-refractivity contribution is -0.152. The van der Waals surface area contributed by atoms with E-state index in [4.69, 9.17) is 9.26 Å². The summed E-state index contributed by atoms with van der Waals surface area (Å²) in [6, 6.07) is 10.4. The molecule has 0 bridgehead atoms. The SMILES string of the molecule is Cc1cc2c(CCc3cc(-c4ccc(C(F)(F)F)cc4)nn3C(C)C)noc2cc1OC(C)(C)C(=O)O. The average molecular weight is 516 g/mol. The van der Waals surface area contributed by atoms with Crippen LogP contribution in [0.3, 0.4) is 0 Å². The molecule has 0 aliphatic heterocycles. The molecule has 4 rings (SSSR count). The largest absolute Gasteiger partial charge is 0.478 e. The molecule has 0 saturated heterocycles. The number of hydrogen-bond acceptors (Lipinski definition) is 5. The third-order valence-electron chi connectivity index (χ3n) is 6.15. The van der Waals surface area contributed by atoms with Crippen LogP contribution in [0.4, 0.5) is 13.2 Å². The molecule has 0 spiro atoms. The summed E-state index contributed by atoms with van der Waals surface area (Å²) in [7, 11) is 0. The van der Waals surface area contributed by atoms with Crippen molar-refractivity contribution in [3.05, 3.63) is 65.0 Å². The van der Waals surface area contributed by atoms with Gasteiger partial charge in [0.15, 0.2) is 11.2 Å². The van der Waals surface area contributed by atoms with Crippen molar-refractivity contribution < 1.29 is 32.3 Å². The molecule has 1 N–H and O–H groups in total. The van der Waals surface area contributed by atoms with Crippen LogP contribution in [0.25, 0.3) is 22.2 Å². The van der Waals surface area contributed by atoms with E-state index in [1.54, 1.807) is 6.07 Å². The van der Waals surface area contributed by atoms with Gasteiger partial charge in [0, 0.05) is 28.8 Å². The summed E-state index contributed by atoms with van der Waals surface area (Å²) in [6.07, 6.45) is -3.27. The van der Waals surface area contributed by atoms with Crippen molar-refractivity contribution in [2.45, 2.75) is 65.3 Å². The lowest BCUT2D eigenvalue weighted by Crippen LogP contribution is -2.38. The Balaban J connectivity index is 1.57. The van der Waals surface area contributed by atoms with Gasteiger partial charge in [-0.1, -0.05) is 17.3 Å². The Labute approximate surface area is 211 Å². The number of carboxylic acids is 1. The van der Waals surface area contributed by atoms with Crippen LogP contribution in [0.2, 0.25) is 0 Å². The molecule has 0 fully saturated rings. The summed E-state index contributed by atoms with van der Waals surface area (Å²) in [4.78, 5) is 11.4. The smallest absolute Gasteiger partial charge is 0.416 e. The number of hydrogen-bond donors (Lipinski definition) is 1. The van der Waals surface area contributed by atoms with E-state index in [2.05, 4.69) is 10.3 Å². The van der Waals surface area contributed by atoms with Crippen LogP contribution in [-0.4, -0.2) is 31.6 Å². The lowest BCUT2D eigenvalue weighted by Gasteiger charge is -2.22. The van der Waals surface area contributed by atoms with E-state index in [1.807, 2.05) is 37.6 Å². The molecule has 0 saturated carbocycles. The van der Waals surface area contributed by atoms with Crippen molar-refractivity contribution in [2.75, 3.05) is 0 Å². The molecule has 4 aromatic rings. The number of ether oxygens (including phenoxy) is 1. The molecule has 0 unspecified atom stereocenters. The maximum Gasteiger partial charge on any atom is 0.416 e. The van der Waals surface area contributed by atoms with E-state index in [1.165, 1.54) is 26.0 Å². The van der Waals surface area contributed by atoms with Crippen molar-refractivity contribution in [3.63, 3.8) is 0 Å².